The number of carbonyl (C=O) groups is 1. The van der Waals surface area contributed by atoms with Crippen molar-refractivity contribution in [1.29, 1.82) is 0 Å². The third-order valence-corrected chi connectivity index (χ3v) is 6.13. The first-order valence-electron chi connectivity index (χ1n) is 10.2. The molecule has 2 bridgehead atoms. The van der Waals surface area contributed by atoms with Gasteiger partial charge in [-0.2, -0.15) is 4.98 Å². The van der Waals surface area contributed by atoms with Gasteiger partial charge in [0.2, 0.25) is 5.82 Å². The van der Waals surface area contributed by atoms with E-state index >= 15 is 0 Å². The molecule has 2 fully saturated rings. The molecule has 1 aliphatic carbocycles. The first kappa shape index (κ1) is 21.0. The van der Waals surface area contributed by atoms with Gasteiger partial charge in [0.1, 0.15) is 12.1 Å². The van der Waals surface area contributed by atoms with Crippen LogP contribution in [0, 0.1) is 20.9 Å². The highest BCUT2D eigenvalue weighted by Gasteiger charge is 2.51. The highest BCUT2D eigenvalue weighted by molar-refractivity contribution is 5.89. The lowest BCUT2D eigenvalue weighted by atomic mass is 9.65. The van der Waals surface area contributed by atoms with E-state index in [0.29, 0.717) is 23.7 Å². The SMILES string of the molecule is COC(=O)c1ccc(Oc2ncnc(N3CC4(C)CC3CC(C)(C)C4)c2[N+](=O)[O-])cc1. The van der Waals surface area contributed by atoms with Gasteiger partial charge >= 0.3 is 17.5 Å². The van der Waals surface area contributed by atoms with Crippen LogP contribution in [0.5, 0.6) is 11.6 Å². The van der Waals surface area contributed by atoms with Crippen molar-refractivity contribution in [3.05, 3.63) is 46.3 Å². The molecule has 1 aromatic carbocycles. The van der Waals surface area contributed by atoms with Crippen LogP contribution in [0.15, 0.2) is 30.6 Å². The fourth-order valence-electron chi connectivity index (χ4n) is 5.39. The Morgan fingerprint density at radius 3 is 2.55 bits per heavy atom. The predicted octanol–water partition coefficient (Wildman–Crippen LogP) is 4.37. The molecule has 1 saturated heterocycles. The van der Waals surface area contributed by atoms with E-state index in [-0.39, 0.29) is 28.4 Å². The van der Waals surface area contributed by atoms with Gasteiger partial charge in [-0.15, -0.1) is 0 Å². The highest BCUT2D eigenvalue weighted by atomic mass is 16.6. The zero-order chi connectivity index (χ0) is 22.4. The lowest BCUT2D eigenvalue weighted by Crippen LogP contribution is -2.35. The number of ether oxygens (including phenoxy) is 2. The molecule has 4 rings (SSSR count). The summed E-state index contributed by atoms with van der Waals surface area (Å²) in [6, 6.07) is 6.34. The number of nitro groups is 1. The number of rotatable bonds is 5. The van der Waals surface area contributed by atoms with Crippen LogP contribution < -0.4 is 9.64 Å². The Morgan fingerprint density at radius 2 is 1.90 bits per heavy atom. The summed E-state index contributed by atoms with van der Waals surface area (Å²) >= 11 is 0. The summed E-state index contributed by atoms with van der Waals surface area (Å²) in [6.45, 7) is 7.46. The maximum atomic E-state index is 12.0. The maximum Gasteiger partial charge on any atom is 0.373 e. The number of anilines is 1. The number of hydrogen-bond donors (Lipinski definition) is 0. The molecule has 31 heavy (non-hydrogen) atoms. The smallest absolute Gasteiger partial charge is 0.373 e. The first-order chi connectivity index (χ1) is 14.6. The van der Waals surface area contributed by atoms with Crippen molar-refractivity contribution in [2.45, 2.75) is 46.1 Å². The molecule has 1 saturated carbocycles. The van der Waals surface area contributed by atoms with Gasteiger partial charge in [0.25, 0.3) is 0 Å². The van der Waals surface area contributed by atoms with Gasteiger partial charge in [-0.1, -0.05) is 20.8 Å². The fourth-order valence-corrected chi connectivity index (χ4v) is 5.39. The molecular weight excluding hydrogens is 400 g/mol. The second-order valence-electron chi connectivity index (χ2n) is 9.57. The van der Waals surface area contributed by atoms with Crippen molar-refractivity contribution >= 4 is 17.5 Å². The number of esters is 1. The Kier molecular flexibility index (Phi) is 5.07. The lowest BCUT2D eigenvalue weighted by molar-refractivity contribution is -0.385. The van der Waals surface area contributed by atoms with Gasteiger partial charge < -0.3 is 14.4 Å². The number of aromatic nitrogens is 2. The minimum Gasteiger partial charge on any atom is -0.465 e. The average Bonchev–Trinajstić information content (AvgIpc) is 2.96. The summed E-state index contributed by atoms with van der Waals surface area (Å²) in [4.78, 5) is 33.5. The van der Waals surface area contributed by atoms with Crippen molar-refractivity contribution in [3.8, 4) is 11.6 Å². The molecule has 2 aromatic rings. The van der Waals surface area contributed by atoms with Crippen LogP contribution in [0.3, 0.4) is 0 Å². The van der Waals surface area contributed by atoms with Crippen LogP contribution in [0.2, 0.25) is 0 Å². The topological polar surface area (TPSA) is 108 Å². The second kappa shape index (κ2) is 7.47. The van der Waals surface area contributed by atoms with Crippen LogP contribution in [-0.2, 0) is 4.74 Å². The Labute approximate surface area is 180 Å². The average molecular weight is 426 g/mol. The van der Waals surface area contributed by atoms with Gasteiger partial charge in [0.15, 0.2) is 0 Å². The third kappa shape index (κ3) is 4.04. The number of nitrogens with zero attached hydrogens (tertiary/aromatic N) is 4. The Morgan fingerprint density at radius 1 is 1.19 bits per heavy atom. The van der Waals surface area contributed by atoms with E-state index in [0.717, 1.165) is 19.3 Å². The second-order valence-corrected chi connectivity index (χ2v) is 9.57. The quantitative estimate of drug-likeness (QED) is 0.394. The molecule has 2 aliphatic rings. The zero-order valence-corrected chi connectivity index (χ0v) is 18.1. The molecule has 2 atom stereocenters. The summed E-state index contributed by atoms with van der Waals surface area (Å²) in [5.41, 5.74) is 0.381. The van der Waals surface area contributed by atoms with Crippen molar-refractivity contribution < 1.29 is 19.2 Å². The van der Waals surface area contributed by atoms with Crippen molar-refractivity contribution in [2.75, 3.05) is 18.6 Å². The monoisotopic (exact) mass is 426 g/mol. The standard InChI is InChI=1S/C22H26N4O5/c1-21(2)9-15-10-22(3,11-21)12-25(15)18-17(26(28)29)19(24-13-23-18)31-16-7-5-14(6-8-16)20(27)30-4/h5-8,13,15H,9-12H2,1-4H3. The molecule has 9 heteroatoms. The van der Waals surface area contributed by atoms with Crippen molar-refractivity contribution in [3.63, 3.8) is 0 Å². The number of fused-ring (bicyclic) bond motifs is 2. The molecule has 0 radical (unpaired) electrons. The Balaban J connectivity index is 1.67. The Hall–Kier alpha value is -3.23. The largest absolute Gasteiger partial charge is 0.465 e. The highest BCUT2D eigenvalue weighted by Crippen LogP contribution is 2.54. The van der Waals surface area contributed by atoms with E-state index in [1.165, 1.54) is 25.6 Å². The van der Waals surface area contributed by atoms with Gasteiger partial charge in [0.05, 0.1) is 17.6 Å². The molecule has 1 aromatic heterocycles. The molecule has 0 spiro atoms. The normalized spacial score (nSPS) is 24.0. The molecule has 164 valence electrons. The van der Waals surface area contributed by atoms with Gasteiger partial charge in [-0.25, -0.2) is 9.78 Å². The van der Waals surface area contributed by atoms with Gasteiger partial charge in [-0.3, -0.25) is 10.1 Å². The number of hydrogen-bond acceptors (Lipinski definition) is 8. The number of benzene rings is 1. The fraction of sp³-hybridized carbons (Fsp3) is 0.500. The minimum absolute atomic E-state index is 0.0932. The summed E-state index contributed by atoms with van der Waals surface area (Å²) in [6.07, 6.45) is 4.32. The van der Waals surface area contributed by atoms with Crippen LogP contribution in [0.1, 0.15) is 50.4 Å². The summed E-state index contributed by atoms with van der Waals surface area (Å²) in [5.74, 6) is 0.0337. The van der Waals surface area contributed by atoms with Gasteiger partial charge in [0, 0.05) is 12.6 Å². The molecule has 2 heterocycles. The molecule has 0 amide bonds. The van der Waals surface area contributed by atoms with Crippen LogP contribution >= 0.6 is 0 Å². The lowest BCUT2D eigenvalue weighted by Gasteiger charge is -2.39. The number of methoxy groups -OCH3 is 1. The molecule has 1 aliphatic heterocycles. The van der Waals surface area contributed by atoms with E-state index in [1.807, 2.05) is 0 Å². The van der Waals surface area contributed by atoms with E-state index in [9.17, 15) is 14.9 Å². The van der Waals surface area contributed by atoms with Crippen LogP contribution in [0.4, 0.5) is 11.5 Å². The molecule has 9 nitrogen and oxygen atoms in total. The minimum atomic E-state index is -0.483. The Bertz CT molecular complexity index is 1020. The van der Waals surface area contributed by atoms with Crippen LogP contribution in [-0.4, -0.2) is 40.6 Å². The summed E-state index contributed by atoms with van der Waals surface area (Å²) in [7, 11) is 1.30. The van der Waals surface area contributed by atoms with Crippen LogP contribution in [0.25, 0.3) is 0 Å². The predicted molar refractivity (Wildman–Crippen MR) is 113 cm³/mol. The van der Waals surface area contributed by atoms with E-state index in [4.69, 9.17) is 4.74 Å². The van der Waals surface area contributed by atoms with Crippen molar-refractivity contribution in [2.24, 2.45) is 10.8 Å². The van der Waals surface area contributed by atoms with Gasteiger partial charge in [-0.05, 0) is 54.4 Å². The van der Waals surface area contributed by atoms with E-state index in [1.54, 1.807) is 12.1 Å². The molecule has 2 unspecified atom stereocenters. The van der Waals surface area contributed by atoms with Crippen molar-refractivity contribution in [1.82, 2.24) is 9.97 Å². The zero-order valence-electron chi connectivity index (χ0n) is 18.1. The maximum absolute atomic E-state index is 12.0. The third-order valence-electron chi connectivity index (χ3n) is 6.13. The summed E-state index contributed by atoms with van der Waals surface area (Å²) < 4.78 is 10.4. The van der Waals surface area contributed by atoms with E-state index in [2.05, 4.69) is 40.4 Å². The number of carbonyl (C=O) groups excluding carboxylic acids is 1. The summed E-state index contributed by atoms with van der Waals surface area (Å²) in [5, 5.41) is 12.0. The van der Waals surface area contributed by atoms with E-state index < -0.39 is 10.9 Å². The molecule has 0 N–H and O–H groups in total. The first-order valence-corrected chi connectivity index (χ1v) is 10.2. The molecular formula is C22H26N4O5.